The zero-order valence-corrected chi connectivity index (χ0v) is 20.5. The summed E-state index contributed by atoms with van der Waals surface area (Å²) in [5.74, 6) is 0.494. The zero-order chi connectivity index (χ0) is 25.4. The molecule has 1 N–H and O–H groups in total. The first kappa shape index (κ1) is 25.4. The van der Waals surface area contributed by atoms with E-state index >= 15 is 0 Å². The molecule has 0 saturated carbocycles. The highest BCUT2D eigenvalue weighted by atomic mass is 16.5. The third-order valence-corrected chi connectivity index (χ3v) is 5.38. The van der Waals surface area contributed by atoms with Crippen molar-refractivity contribution in [1.29, 1.82) is 5.26 Å². The summed E-state index contributed by atoms with van der Waals surface area (Å²) in [4.78, 5) is 26.1. The highest BCUT2D eigenvalue weighted by Gasteiger charge is 2.20. The van der Waals surface area contributed by atoms with E-state index in [1.165, 1.54) is 10.8 Å². The molecule has 8 nitrogen and oxygen atoms in total. The summed E-state index contributed by atoms with van der Waals surface area (Å²) >= 11 is 0. The van der Waals surface area contributed by atoms with Crippen LogP contribution in [0.25, 0.3) is 11.8 Å². The normalized spacial score (nSPS) is 11.1. The largest absolute Gasteiger partial charge is 0.493 e. The Morgan fingerprint density at radius 2 is 1.77 bits per heavy atom. The number of nitrogens with one attached hydrogen (secondary N) is 1. The number of hydrogen-bond donors (Lipinski definition) is 1. The Morgan fingerprint density at radius 1 is 1.09 bits per heavy atom. The topological polar surface area (TPSA) is 98.3 Å². The minimum Gasteiger partial charge on any atom is -0.493 e. The van der Waals surface area contributed by atoms with Crippen LogP contribution in [-0.4, -0.2) is 28.5 Å². The first-order valence-corrected chi connectivity index (χ1v) is 11.6. The summed E-state index contributed by atoms with van der Waals surface area (Å²) in [6.07, 6.45) is 3.13. The molecule has 0 aliphatic carbocycles. The summed E-state index contributed by atoms with van der Waals surface area (Å²) < 4.78 is 14.6. The van der Waals surface area contributed by atoms with E-state index < -0.39 is 5.91 Å². The maximum absolute atomic E-state index is 13.1. The van der Waals surface area contributed by atoms with Crippen LogP contribution >= 0.6 is 0 Å². The van der Waals surface area contributed by atoms with Crippen molar-refractivity contribution in [3.8, 4) is 23.3 Å². The molecular formula is C27H30N4O4. The van der Waals surface area contributed by atoms with Crippen LogP contribution in [-0.2, 0) is 11.8 Å². The van der Waals surface area contributed by atoms with Gasteiger partial charge < -0.3 is 14.8 Å². The standard InChI is InChI=1S/C27H30N4O4/c1-5-14-34-23-13-12-20(24(17-23)35-15-6-2)16-21(18-28)26(32)29-25-19(3)30(4)31(27(25)33)22-10-8-7-9-11-22/h7-13,16-17H,5-6,14-15H2,1-4H3,(H,29,32)/b21-16+. The fourth-order valence-corrected chi connectivity index (χ4v) is 3.48. The number of benzene rings is 2. The molecule has 1 heterocycles. The average molecular weight is 475 g/mol. The fraction of sp³-hybridized carbons (Fsp3) is 0.296. The number of anilines is 1. The maximum Gasteiger partial charge on any atom is 0.295 e. The molecule has 0 spiro atoms. The summed E-state index contributed by atoms with van der Waals surface area (Å²) in [5, 5.41) is 12.3. The summed E-state index contributed by atoms with van der Waals surface area (Å²) in [5.41, 5.74) is 1.39. The number of aromatic nitrogens is 2. The van der Waals surface area contributed by atoms with Gasteiger partial charge in [-0.3, -0.25) is 14.3 Å². The average Bonchev–Trinajstić information content (AvgIpc) is 3.08. The Bertz CT molecular complexity index is 1310. The van der Waals surface area contributed by atoms with Gasteiger partial charge in [-0.15, -0.1) is 0 Å². The van der Waals surface area contributed by atoms with Crippen molar-refractivity contribution in [2.45, 2.75) is 33.6 Å². The molecule has 182 valence electrons. The van der Waals surface area contributed by atoms with Crippen molar-refractivity contribution in [3.05, 3.63) is 75.7 Å². The predicted octanol–water partition coefficient (Wildman–Crippen LogP) is 4.61. The van der Waals surface area contributed by atoms with Gasteiger partial charge >= 0.3 is 0 Å². The van der Waals surface area contributed by atoms with E-state index in [1.54, 1.807) is 49.0 Å². The number of rotatable bonds is 10. The van der Waals surface area contributed by atoms with E-state index in [1.807, 2.05) is 38.1 Å². The van der Waals surface area contributed by atoms with Crippen LogP contribution in [0.4, 0.5) is 5.69 Å². The number of ether oxygens (including phenoxy) is 2. The monoisotopic (exact) mass is 474 g/mol. The van der Waals surface area contributed by atoms with Crippen molar-refractivity contribution >= 4 is 17.7 Å². The molecule has 0 fully saturated rings. The molecule has 0 bridgehead atoms. The van der Waals surface area contributed by atoms with Gasteiger partial charge in [0.05, 0.1) is 24.6 Å². The van der Waals surface area contributed by atoms with Crippen molar-refractivity contribution in [3.63, 3.8) is 0 Å². The van der Waals surface area contributed by atoms with Crippen molar-refractivity contribution in [1.82, 2.24) is 9.36 Å². The van der Waals surface area contributed by atoms with Gasteiger partial charge in [-0.1, -0.05) is 32.0 Å². The molecule has 1 amide bonds. The molecule has 1 aromatic heterocycles. The lowest BCUT2D eigenvalue weighted by molar-refractivity contribution is -0.112. The fourth-order valence-electron chi connectivity index (χ4n) is 3.48. The molecule has 0 unspecified atom stereocenters. The second-order valence-corrected chi connectivity index (χ2v) is 7.96. The molecule has 8 heteroatoms. The molecule has 0 atom stereocenters. The van der Waals surface area contributed by atoms with Gasteiger partial charge in [-0.05, 0) is 50.1 Å². The highest BCUT2D eigenvalue weighted by molar-refractivity contribution is 6.10. The summed E-state index contributed by atoms with van der Waals surface area (Å²) in [6.45, 7) is 6.80. The molecule has 35 heavy (non-hydrogen) atoms. The lowest BCUT2D eigenvalue weighted by Crippen LogP contribution is -2.23. The van der Waals surface area contributed by atoms with E-state index in [2.05, 4.69) is 5.32 Å². The van der Waals surface area contributed by atoms with E-state index in [9.17, 15) is 14.9 Å². The van der Waals surface area contributed by atoms with E-state index in [4.69, 9.17) is 9.47 Å². The predicted molar refractivity (Wildman–Crippen MR) is 136 cm³/mol. The third-order valence-electron chi connectivity index (χ3n) is 5.38. The highest BCUT2D eigenvalue weighted by Crippen LogP contribution is 2.28. The Kier molecular flexibility index (Phi) is 8.52. The molecule has 2 aromatic carbocycles. The van der Waals surface area contributed by atoms with Crippen LogP contribution in [0.15, 0.2) is 58.9 Å². The number of carbonyl (C=O) groups excluding carboxylic acids is 1. The molecule has 0 aliphatic heterocycles. The Hall–Kier alpha value is -4.25. The molecular weight excluding hydrogens is 444 g/mol. The van der Waals surface area contributed by atoms with E-state index in [0.29, 0.717) is 41.7 Å². The number of amides is 1. The van der Waals surface area contributed by atoms with E-state index in [0.717, 1.165) is 12.8 Å². The van der Waals surface area contributed by atoms with E-state index in [-0.39, 0.29) is 16.8 Å². The summed E-state index contributed by atoms with van der Waals surface area (Å²) in [6, 6.07) is 16.3. The van der Waals surface area contributed by atoms with Gasteiger partial charge in [0.25, 0.3) is 11.5 Å². The van der Waals surface area contributed by atoms with Gasteiger partial charge in [-0.2, -0.15) is 5.26 Å². The Balaban J connectivity index is 1.93. The molecule has 0 aliphatic rings. The number of hydrogen-bond acceptors (Lipinski definition) is 5. The van der Waals surface area contributed by atoms with Gasteiger partial charge in [0.2, 0.25) is 0 Å². The molecule has 0 saturated heterocycles. The second-order valence-electron chi connectivity index (χ2n) is 7.96. The van der Waals surface area contributed by atoms with Gasteiger partial charge in [0, 0.05) is 18.7 Å². The number of para-hydroxylation sites is 1. The van der Waals surface area contributed by atoms with Crippen LogP contribution < -0.4 is 20.3 Å². The Morgan fingerprint density at radius 3 is 2.43 bits per heavy atom. The molecule has 3 rings (SSSR count). The quantitative estimate of drug-likeness (QED) is 0.342. The minimum absolute atomic E-state index is 0.119. The maximum atomic E-state index is 13.1. The van der Waals surface area contributed by atoms with Crippen LogP contribution in [0.2, 0.25) is 0 Å². The molecule has 3 aromatic rings. The lowest BCUT2D eigenvalue weighted by atomic mass is 10.1. The van der Waals surface area contributed by atoms with Crippen molar-refractivity contribution in [2.24, 2.45) is 7.05 Å². The summed E-state index contributed by atoms with van der Waals surface area (Å²) in [7, 11) is 1.74. The van der Waals surface area contributed by atoms with Crippen LogP contribution in [0, 0.1) is 18.3 Å². The van der Waals surface area contributed by atoms with Crippen LogP contribution in [0.3, 0.4) is 0 Å². The number of nitrogens with zero attached hydrogens (tertiary/aromatic N) is 3. The van der Waals surface area contributed by atoms with Gasteiger partial charge in [0.15, 0.2) is 0 Å². The molecule has 0 radical (unpaired) electrons. The first-order valence-electron chi connectivity index (χ1n) is 11.6. The van der Waals surface area contributed by atoms with Crippen molar-refractivity contribution in [2.75, 3.05) is 18.5 Å². The SMILES string of the molecule is CCCOc1ccc(/C=C(\C#N)C(=O)Nc2c(C)n(C)n(-c3ccccc3)c2=O)c(OCCC)c1. The smallest absolute Gasteiger partial charge is 0.295 e. The number of nitriles is 1. The number of carbonyl (C=O) groups is 1. The third kappa shape index (κ3) is 5.82. The minimum atomic E-state index is -0.675. The van der Waals surface area contributed by atoms with Crippen LogP contribution in [0.5, 0.6) is 11.5 Å². The Labute approximate surface area is 205 Å². The first-order chi connectivity index (χ1) is 16.9. The lowest BCUT2D eigenvalue weighted by Gasteiger charge is -2.12. The zero-order valence-electron chi connectivity index (χ0n) is 20.5. The van der Waals surface area contributed by atoms with Crippen LogP contribution in [0.1, 0.15) is 37.9 Å². The van der Waals surface area contributed by atoms with Crippen molar-refractivity contribution < 1.29 is 14.3 Å². The van der Waals surface area contributed by atoms with Gasteiger partial charge in [0.1, 0.15) is 28.8 Å². The van der Waals surface area contributed by atoms with Gasteiger partial charge in [-0.25, -0.2) is 4.68 Å². The second kappa shape index (κ2) is 11.7.